The highest BCUT2D eigenvalue weighted by atomic mass is 35.5. The minimum atomic E-state index is -1.03. The number of aliphatic carboxylic acids is 1. The second-order valence-corrected chi connectivity index (χ2v) is 6.38. The summed E-state index contributed by atoms with van der Waals surface area (Å²) in [5, 5.41) is 23.7. The Kier molecular flexibility index (Phi) is 4.96. The van der Waals surface area contributed by atoms with Crippen molar-refractivity contribution >= 4 is 23.3 Å². The van der Waals surface area contributed by atoms with Gasteiger partial charge in [-0.15, -0.1) is 0 Å². The molecule has 0 spiro atoms. The fourth-order valence-corrected chi connectivity index (χ4v) is 1.83. The maximum Gasteiger partial charge on any atom is 0.310 e. The Labute approximate surface area is 128 Å². The minimum absolute atomic E-state index is 0.0843. The Balaban J connectivity index is 2.99. The number of nitro benzene ring substituents is 1. The number of hydrogen-bond donors (Lipinski definition) is 2. The van der Waals surface area contributed by atoms with Crippen LogP contribution in [0.15, 0.2) is 18.2 Å². The molecule has 0 fully saturated rings. The maximum absolute atomic E-state index is 11.3. The van der Waals surface area contributed by atoms with E-state index in [2.05, 4.69) is 5.32 Å². The van der Waals surface area contributed by atoms with Crippen LogP contribution in [0.4, 0.5) is 5.69 Å². The molecule has 6 nitrogen and oxygen atoms in total. The van der Waals surface area contributed by atoms with E-state index in [9.17, 15) is 20.0 Å². The Bertz CT molecular complexity index is 570. The number of nitrogens with zero attached hydrogens (tertiary/aromatic N) is 1. The first-order chi connectivity index (χ1) is 9.49. The molecule has 0 aromatic heterocycles. The largest absolute Gasteiger partial charge is 0.481 e. The summed E-state index contributed by atoms with van der Waals surface area (Å²) >= 11 is 5.76. The summed E-state index contributed by atoms with van der Waals surface area (Å²) in [7, 11) is 0. The molecule has 7 heteroatoms. The lowest BCUT2D eigenvalue weighted by atomic mass is 9.74. The summed E-state index contributed by atoms with van der Waals surface area (Å²) < 4.78 is 0. The summed E-state index contributed by atoms with van der Waals surface area (Å²) in [6.45, 7) is 6.90. The molecule has 0 aliphatic carbocycles. The Morgan fingerprint density at radius 1 is 1.38 bits per heavy atom. The molecular weight excluding hydrogens is 296 g/mol. The highest BCUT2D eigenvalue weighted by Crippen LogP contribution is 2.32. The third kappa shape index (κ3) is 3.71. The van der Waals surface area contributed by atoms with Crippen LogP contribution in [-0.4, -0.2) is 21.5 Å². The summed E-state index contributed by atoms with van der Waals surface area (Å²) in [5.41, 5.74) is -1.42. The van der Waals surface area contributed by atoms with Crippen molar-refractivity contribution in [1.29, 1.82) is 0 Å². The van der Waals surface area contributed by atoms with Gasteiger partial charge in [0.2, 0.25) is 0 Å². The van der Waals surface area contributed by atoms with Crippen LogP contribution in [-0.2, 0) is 11.3 Å². The zero-order valence-electron chi connectivity index (χ0n) is 12.4. The van der Waals surface area contributed by atoms with Crippen LogP contribution in [0.2, 0.25) is 5.02 Å². The number of carboxylic acids is 1. The molecule has 0 heterocycles. The highest BCUT2D eigenvalue weighted by molar-refractivity contribution is 6.30. The predicted molar refractivity (Wildman–Crippen MR) is 80.4 cm³/mol. The van der Waals surface area contributed by atoms with Gasteiger partial charge in [0.1, 0.15) is 0 Å². The molecular formula is C14H19ClN2O4. The molecule has 0 aliphatic rings. The third-order valence-electron chi connectivity index (χ3n) is 4.06. The lowest BCUT2D eigenvalue weighted by Crippen LogP contribution is -2.54. The average molecular weight is 315 g/mol. The van der Waals surface area contributed by atoms with Gasteiger partial charge in [-0.1, -0.05) is 11.6 Å². The number of carboxylic acid groups (broad SMARTS) is 1. The van der Waals surface area contributed by atoms with Crippen molar-refractivity contribution in [1.82, 2.24) is 5.32 Å². The van der Waals surface area contributed by atoms with E-state index >= 15 is 0 Å². The van der Waals surface area contributed by atoms with E-state index in [1.807, 2.05) is 0 Å². The van der Waals surface area contributed by atoms with Crippen LogP contribution in [0.1, 0.15) is 33.3 Å². The van der Waals surface area contributed by atoms with Crippen LogP contribution >= 0.6 is 11.6 Å². The minimum Gasteiger partial charge on any atom is -0.481 e. The monoisotopic (exact) mass is 314 g/mol. The molecule has 0 saturated heterocycles. The van der Waals surface area contributed by atoms with Gasteiger partial charge in [0, 0.05) is 28.7 Å². The molecule has 21 heavy (non-hydrogen) atoms. The second-order valence-electron chi connectivity index (χ2n) is 5.94. The molecule has 0 bridgehead atoms. The van der Waals surface area contributed by atoms with Crippen LogP contribution < -0.4 is 5.32 Å². The summed E-state index contributed by atoms with van der Waals surface area (Å²) in [6, 6.07) is 4.42. The number of hydrogen-bond acceptors (Lipinski definition) is 4. The lowest BCUT2D eigenvalue weighted by Gasteiger charge is -2.39. The SMILES string of the molecule is CC(C)(NCc1ccc(Cl)cc1[N+](=O)[O-])C(C)(C)C(=O)O. The van der Waals surface area contributed by atoms with Gasteiger partial charge in [-0.3, -0.25) is 14.9 Å². The van der Waals surface area contributed by atoms with Gasteiger partial charge in [-0.2, -0.15) is 0 Å². The third-order valence-corrected chi connectivity index (χ3v) is 4.30. The molecule has 0 amide bonds. The van der Waals surface area contributed by atoms with E-state index in [0.717, 1.165) is 0 Å². The van der Waals surface area contributed by atoms with Crippen LogP contribution in [0.3, 0.4) is 0 Å². The van der Waals surface area contributed by atoms with Crippen molar-refractivity contribution in [2.24, 2.45) is 5.41 Å². The fraction of sp³-hybridized carbons (Fsp3) is 0.500. The van der Waals surface area contributed by atoms with E-state index in [-0.39, 0.29) is 17.3 Å². The number of nitro groups is 1. The molecule has 0 aliphatic heterocycles. The molecule has 0 atom stereocenters. The number of benzene rings is 1. The van der Waals surface area contributed by atoms with Crippen molar-refractivity contribution in [2.45, 2.75) is 39.8 Å². The predicted octanol–water partition coefficient (Wildman–Crippen LogP) is 3.23. The summed E-state index contributed by atoms with van der Waals surface area (Å²) in [4.78, 5) is 21.9. The van der Waals surface area contributed by atoms with Gasteiger partial charge in [-0.25, -0.2) is 0 Å². The molecule has 2 N–H and O–H groups in total. The smallest absolute Gasteiger partial charge is 0.310 e. The Morgan fingerprint density at radius 2 is 1.95 bits per heavy atom. The number of nitrogens with one attached hydrogen (secondary N) is 1. The first-order valence-electron chi connectivity index (χ1n) is 6.40. The van der Waals surface area contributed by atoms with Gasteiger partial charge in [0.05, 0.1) is 10.3 Å². The molecule has 1 aromatic rings. The molecule has 1 rings (SSSR count). The van der Waals surface area contributed by atoms with Crippen molar-refractivity contribution in [3.8, 4) is 0 Å². The first-order valence-corrected chi connectivity index (χ1v) is 6.78. The molecule has 116 valence electrons. The van der Waals surface area contributed by atoms with Crippen molar-refractivity contribution in [3.63, 3.8) is 0 Å². The van der Waals surface area contributed by atoms with Gasteiger partial charge >= 0.3 is 5.97 Å². The zero-order valence-corrected chi connectivity index (χ0v) is 13.2. The lowest BCUT2D eigenvalue weighted by molar-refractivity contribution is -0.385. The van der Waals surface area contributed by atoms with Gasteiger partial charge < -0.3 is 10.4 Å². The Hall–Kier alpha value is -1.66. The van der Waals surface area contributed by atoms with E-state index in [1.165, 1.54) is 6.07 Å². The normalized spacial score (nSPS) is 12.2. The summed E-state index contributed by atoms with van der Waals surface area (Å²) in [5.74, 6) is -0.939. The molecule has 0 saturated carbocycles. The fourth-order valence-electron chi connectivity index (χ4n) is 1.66. The van der Waals surface area contributed by atoms with Crippen molar-refractivity contribution < 1.29 is 14.8 Å². The van der Waals surface area contributed by atoms with Crippen LogP contribution in [0, 0.1) is 15.5 Å². The molecule has 0 radical (unpaired) electrons. The Morgan fingerprint density at radius 3 is 2.43 bits per heavy atom. The van der Waals surface area contributed by atoms with Gasteiger partial charge in [0.25, 0.3) is 5.69 Å². The second kappa shape index (κ2) is 5.99. The number of rotatable bonds is 6. The van der Waals surface area contributed by atoms with E-state index < -0.39 is 21.8 Å². The first kappa shape index (κ1) is 17.4. The number of halogens is 1. The van der Waals surface area contributed by atoms with Crippen LogP contribution in [0.25, 0.3) is 0 Å². The van der Waals surface area contributed by atoms with Crippen molar-refractivity contribution in [2.75, 3.05) is 0 Å². The van der Waals surface area contributed by atoms with Crippen LogP contribution in [0.5, 0.6) is 0 Å². The van der Waals surface area contributed by atoms with Gasteiger partial charge in [-0.05, 0) is 39.8 Å². The maximum atomic E-state index is 11.3. The average Bonchev–Trinajstić information content (AvgIpc) is 2.36. The van der Waals surface area contributed by atoms with E-state index in [1.54, 1.807) is 39.8 Å². The molecule has 1 aromatic carbocycles. The zero-order chi connectivity index (χ0) is 16.4. The quantitative estimate of drug-likeness (QED) is 0.621. The summed E-state index contributed by atoms with van der Waals surface area (Å²) in [6.07, 6.45) is 0. The molecule has 0 unspecified atom stereocenters. The van der Waals surface area contributed by atoms with E-state index in [0.29, 0.717) is 5.56 Å². The number of carbonyl (C=O) groups is 1. The van der Waals surface area contributed by atoms with Gasteiger partial charge in [0.15, 0.2) is 0 Å². The topological polar surface area (TPSA) is 92.5 Å². The van der Waals surface area contributed by atoms with E-state index in [4.69, 9.17) is 11.6 Å². The standard InChI is InChI=1S/C14H19ClN2O4/c1-13(2,12(18)19)14(3,4)16-8-9-5-6-10(15)7-11(9)17(20)21/h5-7,16H,8H2,1-4H3,(H,18,19). The van der Waals surface area contributed by atoms with Crippen molar-refractivity contribution in [3.05, 3.63) is 38.9 Å². The highest BCUT2D eigenvalue weighted by Gasteiger charge is 2.43.